The van der Waals surface area contributed by atoms with Gasteiger partial charge in [-0.2, -0.15) is 0 Å². The van der Waals surface area contributed by atoms with E-state index in [4.69, 9.17) is 10.5 Å². The lowest BCUT2D eigenvalue weighted by Gasteiger charge is -2.27. The minimum Gasteiger partial charge on any atom is -0.379 e. The number of morpholine rings is 1. The van der Waals surface area contributed by atoms with Crippen LogP contribution in [-0.4, -0.2) is 43.8 Å². The van der Waals surface area contributed by atoms with Crippen molar-refractivity contribution in [1.82, 2.24) is 4.90 Å². The Hall–Kier alpha value is -0.900. The molecule has 1 fully saturated rings. The van der Waals surface area contributed by atoms with Gasteiger partial charge in [0.25, 0.3) is 0 Å². The molecule has 1 atom stereocenters. The smallest absolute Gasteiger partial charge is 0.0594 e. The first kappa shape index (κ1) is 12.6. The van der Waals surface area contributed by atoms with Gasteiger partial charge in [0.2, 0.25) is 0 Å². The van der Waals surface area contributed by atoms with Crippen molar-refractivity contribution in [2.24, 2.45) is 5.73 Å². The van der Waals surface area contributed by atoms with Crippen LogP contribution < -0.4 is 5.73 Å². The molecule has 0 aliphatic carbocycles. The van der Waals surface area contributed by atoms with E-state index in [1.54, 1.807) is 0 Å². The average Bonchev–Trinajstić information content (AvgIpc) is 2.39. The van der Waals surface area contributed by atoms with Gasteiger partial charge in [0.1, 0.15) is 0 Å². The lowest BCUT2D eigenvalue weighted by molar-refractivity contribution is 0.0366. The largest absolute Gasteiger partial charge is 0.379 e. The number of nitrogens with zero attached hydrogens (tertiary/aromatic N) is 1. The molecule has 1 aliphatic rings. The van der Waals surface area contributed by atoms with Crippen LogP contribution in [0.3, 0.4) is 0 Å². The fourth-order valence-corrected chi connectivity index (χ4v) is 2.19. The highest BCUT2D eigenvalue weighted by molar-refractivity contribution is 5.15. The second-order valence-corrected chi connectivity index (χ2v) is 4.69. The Labute approximate surface area is 104 Å². The van der Waals surface area contributed by atoms with Crippen molar-refractivity contribution in [1.29, 1.82) is 0 Å². The summed E-state index contributed by atoms with van der Waals surface area (Å²) >= 11 is 0. The number of rotatable bonds is 5. The second kappa shape index (κ2) is 6.74. The van der Waals surface area contributed by atoms with E-state index >= 15 is 0 Å². The minimum atomic E-state index is 0.264. The fraction of sp³-hybridized carbons (Fsp3) is 0.571. The van der Waals surface area contributed by atoms with Crippen molar-refractivity contribution in [3.05, 3.63) is 35.9 Å². The Bertz CT molecular complexity index is 309. The maximum absolute atomic E-state index is 6.16. The molecule has 1 aromatic carbocycles. The highest BCUT2D eigenvalue weighted by Gasteiger charge is 2.11. The highest BCUT2D eigenvalue weighted by Crippen LogP contribution is 2.06. The van der Waals surface area contributed by atoms with Crippen molar-refractivity contribution in [2.75, 3.05) is 32.8 Å². The summed E-state index contributed by atoms with van der Waals surface area (Å²) in [5.74, 6) is 0. The van der Waals surface area contributed by atoms with Crippen LogP contribution in [-0.2, 0) is 11.2 Å². The van der Waals surface area contributed by atoms with E-state index < -0.39 is 0 Å². The van der Waals surface area contributed by atoms with Crippen molar-refractivity contribution in [3.8, 4) is 0 Å². The fourth-order valence-electron chi connectivity index (χ4n) is 2.19. The van der Waals surface area contributed by atoms with Crippen LogP contribution in [0, 0.1) is 0 Å². The molecule has 1 saturated heterocycles. The van der Waals surface area contributed by atoms with Gasteiger partial charge >= 0.3 is 0 Å². The SMILES string of the molecule is N[C@@H](CCN1CCOCC1)Cc1ccccc1. The van der Waals surface area contributed by atoms with Crippen LogP contribution in [0.5, 0.6) is 0 Å². The molecule has 1 heterocycles. The van der Waals surface area contributed by atoms with E-state index in [-0.39, 0.29) is 6.04 Å². The Morgan fingerprint density at radius 2 is 1.88 bits per heavy atom. The standard InChI is InChI=1S/C14H22N2O/c15-14(12-13-4-2-1-3-5-13)6-7-16-8-10-17-11-9-16/h1-5,14H,6-12,15H2/t14-/m0/s1. The molecule has 0 amide bonds. The molecule has 3 nitrogen and oxygen atoms in total. The van der Waals surface area contributed by atoms with E-state index in [0.717, 1.165) is 45.7 Å². The molecule has 1 aliphatic heterocycles. The Kier molecular flexibility index (Phi) is 4.98. The third-order valence-electron chi connectivity index (χ3n) is 3.26. The maximum Gasteiger partial charge on any atom is 0.0594 e. The predicted molar refractivity (Wildman–Crippen MR) is 70.0 cm³/mol. The van der Waals surface area contributed by atoms with Crippen LogP contribution in [0.15, 0.2) is 30.3 Å². The lowest BCUT2D eigenvalue weighted by atomic mass is 10.0. The summed E-state index contributed by atoms with van der Waals surface area (Å²) in [6.07, 6.45) is 2.04. The van der Waals surface area contributed by atoms with Crippen LogP contribution >= 0.6 is 0 Å². The van der Waals surface area contributed by atoms with Gasteiger partial charge in [0.15, 0.2) is 0 Å². The van der Waals surface area contributed by atoms with E-state index in [0.29, 0.717) is 0 Å². The molecule has 2 N–H and O–H groups in total. The predicted octanol–water partition coefficient (Wildman–Crippen LogP) is 1.28. The quantitative estimate of drug-likeness (QED) is 0.834. The van der Waals surface area contributed by atoms with Gasteiger partial charge in [-0.1, -0.05) is 30.3 Å². The second-order valence-electron chi connectivity index (χ2n) is 4.69. The van der Waals surface area contributed by atoms with E-state index in [2.05, 4.69) is 29.2 Å². The number of hydrogen-bond acceptors (Lipinski definition) is 3. The third-order valence-corrected chi connectivity index (χ3v) is 3.26. The number of nitrogens with two attached hydrogens (primary N) is 1. The van der Waals surface area contributed by atoms with Gasteiger partial charge in [-0.05, 0) is 24.9 Å². The monoisotopic (exact) mass is 234 g/mol. The minimum absolute atomic E-state index is 0.264. The summed E-state index contributed by atoms with van der Waals surface area (Å²) in [6.45, 7) is 4.94. The van der Waals surface area contributed by atoms with E-state index in [1.165, 1.54) is 5.56 Å². The zero-order chi connectivity index (χ0) is 11.9. The van der Waals surface area contributed by atoms with Crippen molar-refractivity contribution in [2.45, 2.75) is 18.9 Å². The van der Waals surface area contributed by atoms with Crippen LogP contribution in [0.2, 0.25) is 0 Å². The molecule has 0 bridgehead atoms. The molecule has 2 rings (SSSR count). The van der Waals surface area contributed by atoms with Crippen molar-refractivity contribution < 1.29 is 4.74 Å². The first-order valence-corrected chi connectivity index (χ1v) is 6.44. The molecule has 0 spiro atoms. The van der Waals surface area contributed by atoms with Gasteiger partial charge in [-0.15, -0.1) is 0 Å². The summed E-state index contributed by atoms with van der Waals surface area (Å²) in [5.41, 5.74) is 7.50. The molecule has 0 unspecified atom stereocenters. The zero-order valence-electron chi connectivity index (χ0n) is 10.3. The average molecular weight is 234 g/mol. The molecule has 1 aromatic rings. The third kappa shape index (κ3) is 4.46. The van der Waals surface area contributed by atoms with Crippen molar-refractivity contribution >= 4 is 0 Å². The first-order chi connectivity index (χ1) is 8.34. The number of ether oxygens (including phenoxy) is 1. The maximum atomic E-state index is 6.16. The van der Waals surface area contributed by atoms with Crippen molar-refractivity contribution in [3.63, 3.8) is 0 Å². The lowest BCUT2D eigenvalue weighted by Crippen LogP contribution is -2.39. The van der Waals surface area contributed by atoms with Gasteiger partial charge in [-0.3, -0.25) is 4.90 Å². The molecule has 94 valence electrons. The van der Waals surface area contributed by atoms with E-state index in [9.17, 15) is 0 Å². The summed E-state index contributed by atoms with van der Waals surface area (Å²) < 4.78 is 5.33. The number of benzene rings is 1. The van der Waals surface area contributed by atoms with Gasteiger partial charge in [0, 0.05) is 19.1 Å². The number of hydrogen-bond donors (Lipinski definition) is 1. The summed E-state index contributed by atoms with van der Waals surface area (Å²) in [6, 6.07) is 10.8. The Balaban J connectivity index is 1.68. The summed E-state index contributed by atoms with van der Waals surface area (Å²) in [4.78, 5) is 2.44. The Morgan fingerprint density at radius 3 is 2.59 bits per heavy atom. The normalized spacial score (nSPS) is 19.1. The molecular formula is C14H22N2O. The first-order valence-electron chi connectivity index (χ1n) is 6.44. The molecule has 0 saturated carbocycles. The van der Waals surface area contributed by atoms with Gasteiger partial charge in [-0.25, -0.2) is 0 Å². The molecule has 3 heteroatoms. The summed E-state index contributed by atoms with van der Waals surface area (Å²) in [5, 5.41) is 0. The van der Waals surface area contributed by atoms with Gasteiger partial charge < -0.3 is 10.5 Å². The van der Waals surface area contributed by atoms with Crippen LogP contribution in [0.4, 0.5) is 0 Å². The molecular weight excluding hydrogens is 212 g/mol. The molecule has 17 heavy (non-hydrogen) atoms. The molecule has 0 aromatic heterocycles. The van der Waals surface area contributed by atoms with Crippen LogP contribution in [0.1, 0.15) is 12.0 Å². The highest BCUT2D eigenvalue weighted by atomic mass is 16.5. The molecule has 0 radical (unpaired) electrons. The van der Waals surface area contributed by atoms with E-state index in [1.807, 2.05) is 6.07 Å². The van der Waals surface area contributed by atoms with Gasteiger partial charge in [0.05, 0.1) is 13.2 Å². The zero-order valence-corrected chi connectivity index (χ0v) is 10.3. The Morgan fingerprint density at radius 1 is 1.18 bits per heavy atom. The topological polar surface area (TPSA) is 38.5 Å². The van der Waals surface area contributed by atoms with Crippen LogP contribution in [0.25, 0.3) is 0 Å². The summed E-state index contributed by atoms with van der Waals surface area (Å²) in [7, 11) is 0.